The summed E-state index contributed by atoms with van der Waals surface area (Å²) in [4.78, 5) is 25.5. The second-order valence-corrected chi connectivity index (χ2v) is 7.91. The van der Waals surface area contributed by atoms with Crippen LogP contribution in [-0.2, 0) is 30.6 Å². The van der Waals surface area contributed by atoms with E-state index < -0.39 is 21.8 Å². The highest BCUT2D eigenvalue weighted by molar-refractivity contribution is 7.91. The molecule has 24 heavy (non-hydrogen) atoms. The van der Waals surface area contributed by atoms with E-state index in [0.29, 0.717) is 12.2 Å². The van der Waals surface area contributed by atoms with Crippen molar-refractivity contribution >= 4 is 21.7 Å². The van der Waals surface area contributed by atoms with Crippen molar-refractivity contribution in [2.45, 2.75) is 18.9 Å². The zero-order valence-corrected chi connectivity index (χ0v) is 14.5. The smallest absolute Gasteiger partial charge is 0.325 e. The highest BCUT2D eigenvalue weighted by atomic mass is 32.2. The Bertz CT molecular complexity index is 698. The van der Waals surface area contributed by atoms with Gasteiger partial charge in [0.25, 0.3) is 0 Å². The number of ether oxygens (including phenoxy) is 2. The highest BCUT2D eigenvalue weighted by Gasteiger charge is 2.35. The molecule has 1 aliphatic heterocycles. The van der Waals surface area contributed by atoms with Gasteiger partial charge < -0.3 is 14.4 Å². The average molecular weight is 355 g/mol. The molecule has 1 atom stereocenters. The molecule has 1 aromatic carbocycles. The first-order valence-electron chi connectivity index (χ1n) is 7.54. The predicted octanol–water partition coefficient (Wildman–Crippen LogP) is 0.426. The summed E-state index contributed by atoms with van der Waals surface area (Å²) in [5.74, 6) is -0.265. The first-order valence-corrected chi connectivity index (χ1v) is 9.36. The van der Waals surface area contributed by atoms with Gasteiger partial charge in [-0.15, -0.1) is 0 Å². The molecule has 0 aliphatic carbocycles. The molecule has 1 aromatic rings. The maximum Gasteiger partial charge on any atom is 0.325 e. The van der Waals surface area contributed by atoms with Crippen LogP contribution >= 0.6 is 0 Å². The average Bonchev–Trinajstić information content (AvgIpc) is 2.92. The van der Waals surface area contributed by atoms with Crippen molar-refractivity contribution in [2.75, 3.05) is 32.3 Å². The minimum atomic E-state index is -3.16. The molecule has 0 bridgehead atoms. The van der Waals surface area contributed by atoms with Crippen molar-refractivity contribution < 1.29 is 27.5 Å². The lowest BCUT2D eigenvalue weighted by Crippen LogP contribution is -2.45. The monoisotopic (exact) mass is 355 g/mol. The zero-order chi connectivity index (χ0) is 17.7. The second-order valence-electron chi connectivity index (χ2n) is 5.68. The molecule has 0 unspecified atom stereocenters. The zero-order valence-electron chi connectivity index (χ0n) is 13.7. The van der Waals surface area contributed by atoms with Gasteiger partial charge in [-0.3, -0.25) is 9.59 Å². The minimum Gasteiger partial charge on any atom is -0.497 e. The van der Waals surface area contributed by atoms with E-state index in [9.17, 15) is 18.0 Å². The van der Waals surface area contributed by atoms with Crippen LogP contribution in [0.25, 0.3) is 0 Å². The Hall–Kier alpha value is -2.09. The quantitative estimate of drug-likeness (QED) is 0.687. The topological polar surface area (TPSA) is 90.0 Å². The number of esters is 1. The summed E-state index contributed by atoms with van der Waals surface area (Å²) in [6, 6.07) is 6.53. The van der Waals surface area contributed by atoms with E-state index in [-0.39, 0.29) is 30.4 Å². The molecule has 1 heterocycles. The molecule has 0 spiro atoms. The third kappa shape index (κ3) is 4.70. The van der Waals surface area contributed by atoms with Crippen LogP contribution in [0.3, 0.4) is 0 Å². The first kappa shape index (κ1) is 18.3. The van der Waals surface area contributed by atoms with E-state index in [1.54, 1.807) is 31.4 Å². The Morgan fingerprint density at radius 2 is 1.88 bits per heavy atom. The summed E-state index contributed by atoms with van der Waals surface area (Å²) in [6.45, 7) is -0.244. The Morgan fingerprint density at radius 3 is 2.38 bits per heavy atom. The van der Waals surface area contributed by atoms with E-state index >= 15 is 0 Å². The van der Waals surface area contributed by atoms with E-state index in [4.69, 9.17) is 4.74 Å². The van der Waals surface area contributed by atoms with Crippen LogP contribution in [0, 0.1) is 0 Å². The third-order valence-electron chi connectivity index (χ3n) is 4.01. The molecular weight excluding hydrogens is 334 g/mol. The number of amides is 1. The summed E-state index contributed by atoms with van der Waals surface area (Å²) >= 11 is 0. The number of sulfone groups is 1. The summed E-state index contributed by atoms with van der Waals surface area (Å²) in [5.41, 5.74) is 0.761. The van der Waals surface area contributed by atoms with Crippen LogP contribution in [0.4, 0.5) is 0 Å². The molecule has 1 saturated heterocycles. The van der Waals surface area contributed by atoms with Gasteiger partial charge in [0, 0.05) is 6.04 Å². The number of carbonyl (C=O) groups excluding carboxylic acids is 2. The van der Waals surface area contributed by atoms with Gasteiger partial charge in [-0.1, -0.05) is 12.1 Å². The van der Waals surface area contributed by atoms with Crippen molar-refractivity contribution in [3.63, 3.8) is 0 Å². The Balaban J connectivity index is 2.12. The molecule has 0 saturated carbocycles. The van der Waals surface area contributed by atoms with Gasteiger partial charge in [0.05, 0.1) is 32.1 Å². The lowest BCUT2D eigenvalue weighted by atomic mass is 10.1. The highest BCUT2D eigenvalue weighted by Crippen LogP contribution is 2.20. The standard InChI is InChI=1S/C16H21NO6S/c1-22-14-5-3-12(4-6-14)9-15(18)17(10-16(19)23-2)13-7-8-24(20,21)11-13/h3-6,13H,7-11H2,1-2H3/t13-/m1/s1. The van der Waals surface area contributed by atoms with Gasteiger partial charge >= 0.3 is 5.97 Å². The minimum absolute atomic E-state index is 0.0329. The molecule has 1 aliphatic rings. The van der Waals surface area contributed by atoms with Gasteiger partial charge in [-0.05, 0) is 24.1 Å². The van der Waals surface area contributed by atoms with Gasteiger partial charge in [-0.2, -0.15) is 0 Å². The van der Waals surface area contributed by atoms with E-state index in [2.05, 4.69) is 4.74 Å². The molecule has 0 N–H and O–H groups in total. The van der Waals surface area contributed by atoms with Gasteiger partial charge in [0.2, 0.25) is 5.91 Å². The van der Waals surface area contributed by atoms with Gasteiger partial charge in [-0.25, -0.2) is 8.42 Å². The molecular formula is C16H21NO6S. The predicted molar refractivity (Wildman–Crippen MR) is 87.5 cm³/mol. The number of methoxy groups -OCH3 is 2. The molecule has 2 rings (SSSR count). The number of hydrogen-bond donors (Lipinski definition) is 0. The number of carbonyl (C=O) groups is 2. The molecule has 0 radical (unpaired) electrons. The van der Waals surface area contributed by atoms with Gasteiger partial charge in [0.1, 0.15) is 12.3 Å². The summed E-state index contributed by atoms with van der Waals surface area (Å²) < 4.78 is 33.1. The Labute approximate surface area is 141 Å². The Kier molecular flexibility index (Phi) is 5.82. The van der Waals surface area contributed by atoms with Crippen molar-refractivity contribution in [1.29, 1.82) is 0 Å². The van der Waals surface area contributed by atoms with Gasteiger partial charge in [0.15, 0.2) is 9.84 Å². The fraction of sp³-hybridized carbons (Fsp3) is 0.500. The first-order chi connectivity index (χ1) is 11.3. The summed E-state index contributed by atoms with van der Waals surface area (Å²) in [5, 5.41) is 0. The number of nitrogens with zero attached hydrogens (tertiary/aromatic N) is 1. The maximum atomic E-state index is 12.6. The largest absolute Gasteiger partial charge is 0.497 e. The number of rotatable bonds is 6. The maximum absolute atomic E-state index is 12.6. The van der Waals surface area contributed by atoms with Crippen LogP contribution in [-0.4, -0.2) is 63.5 Å². The van der Waals surface area contributed by atoms with E-state index in [0.717, 1.165) is 5.56 Å². The molecule has 132 valence electrons. The van der Waals surface area contributed by atoms with Crippen molar-refractivity contribution in [1.82, 2.24) is 4.90 Å². The SMILES string of the molecule is COC(=O)CN(C(=O)Cc1ccc(OC)cc1)[C@@H]1CCS(=O)(=O)C1. The Morgan fingerprint density at radius 1 is 1.21 bits per heavy atom. The van der Waals surface area contributed by atoms with E-state index in [1.165, 1.54) is 12.0 Å². The van der Waals surface area contributed by atoms with Crippen molar-refractivity contribution in [2.24, 2.45) is 0 Å². The van der Waals surface area contributed by atoms with E-state index in [1.807, 2.05) is 0 Å². The molecule has 0 aromatic heterocycles. The van der Waals surface area contributed by atoms with Crippen molar-refractivity contribution in [3.05, 3.63) is 29.8 Å². The summed E-state index contributed by atoms with van der Waals surface area (Å²) in [7, 11) is -0.371. The second kappa shape index (κ2) is 7.65. The lowest BCUT2D eigenvalue weighted by molar-refractivity contribution is -0.148. The van der Waals surface area contributed by atoms with Crippen LogP contribution in [0.5, 0.6) is 5.75 Å². The lowest BCUT2D eigenvalue weighted by Gasteiger charge is -2.27. The molecule has 8 heteroatoms. The van der Waals surface area contributed by atoms with Crippen LogP contribution in [0.15, 0.2) is 24.3 Å². The fourth-order valence-electron chi connectivity index (χ4n) is 2.67. The summed E-state index contributed by atoms with van der Waals surface area (Å²) in [6.07, 6.45) is 0.422. The van der Waals surface area contributed by atoms with Crippen LogP contribution < -0.4 is 4.74 Å². The van der Waals surface area contributed by atoms with Crippen molar-refractivity contribution in [3.8, 4) is 5.75 Å². The van der Waals surface area contributed by atoms with Crippen LogP contribution in [0.2, 0.25) is 0 Å². The third-order valence-corrected chi connectivity index (χ3v) is 5.76. The normalized spacial score (nSPS) is 18.8. The number of hydrogen-bond acceptors (Lipinski definition) is 6. The number of benzene rings is 1. The fourth-order valence-corrected chi connectivity index (χ4v) is 4.40. The molecule has 1 amide bonds. The van der Waals surface area contributed by atoms with Crippen LogP contribution in [0.1, 0.15) is 12.0 Å². The molecule has 7 nitrogen and oxygen atoms in total. The molecule has 1 fully saturated rings.